The normalized spacial score (nSPS) is 20.2. The summed E-state index contributed by atoms with van der Waals surface area (Å²) in [6, 6.07) is 11.0. The third-order valence-electron chi connectivity index (χ3n) is 4.65. The van der Waals surface area contributed by atoms with E-state index in [2.05, 4.69) is 5.32 Å². The summed E-state index contributed by atoms with van der Waals surface area (Å²) in [7, 11) is -3.90. The molecule has 142 valence electrons. The van der Waals surface area contributed by atoms with Gasteiger partial charge in [0.2, 0.25) is 15.9 Å². The third kappa shape index (κ3) is 3.26. The zero-order chi connectivity index (χ0) is 19.0. The van der Waals surface area contributed by atoms with Gasteiger partial charge in [0, 0.05) is 19.2 Å². The van der Waals surface area contributed by atoms with E-state index in [4.69, 9.17) is 9.47 Å². The molecule has 1 amide bonds. The Kier molecular flexibility index (Phi) is 4.53. The number of rotatable bonds is 3. The van der Waals surface area contributed by atoms with E-state index in [1.165, 1.54) is 16.4 Å². The number of ether oxygens (including phenoxy) is 2. The summed E-state index contributed by atoms with van der Waals surface area (Å²) in [5.41, 5.74) is 1.61. The van der Waals surface area contributed by atoms with Gasteiger partial charge in [-0.3, -0.25) is 4.79 Å². The van der Waals surface area contributed by atoms with Gasteiger partial charge < -0.3 is 14.8 Å². The van der Waals surface area contributed by atoms with E-state index in [0.29, 0.717) is 30.3 Å². The number of fused-ring (bicyclic) bond motifs is 1. The second-order valence-corrected chi connectivity index (χ2v) is 8.42. The second-order valence-electron chi connectivity index (χ2n) is 6.53. The third-order valence-corrected chi connectivity index (χ3v) is 6.51. The van der Waals surface area contributed by atoms with Gasteiger partial charge in [-0.15, -0.1) is 0 Å². The van der Waals surface area contributed by atoms with Crippen LogP contribution in [0, 0.1) is 6.92 Å². The highest BCUT2D eigenvalue weighted by Crippen LogP contribution is 2.35. The predicted molar refractivity (Wildman–Crippen MR) is 98.3 cm³/mol. The van der Waals surface area contributed by atoms with Crippen molar-refractivity contribution in [3.63, 3.8) is 0 Å². The molecular weight excluding hydrogens is 368 g/mol. The smallest absolute Gasteiger partial charge is 0.244 e. The first kappa shape index (κ1) is 17.8. The molecule has 1 saturated heterocycles. The van der Waals surface area contributed by atoms with Crippen molar-refractivity contribution < 1.29 is 22.7 Å². The molecule has 0 aromatic heterocycles. The summed E-state index contributed by atoms with van der Waals surface area (Å²) in [6.45, 7) is 3.17. The minimum Gasteiger partial charge on any atom is -0.486 e. The molecule has 0 saturated carbocycles. The molecule has 2 aliphatic heterocycles. The highest BCUT2D eigenvalue weighted by Gasteiger charge is 2.39. The number of piperazine rings is 1. The Bertz CT molecular complexity index is 989. The monoisotopic (exact) mass is 388 g/mol. The first-order valence-corrected chi connectivity index (χ1v) is 10.2. The Morgan fingerprint density at radius 1 is 1.07 bits per heavy atom. The number of sulfonamides is 1. The predicted octanol–water partition coefficient (Wildman–Crippen LogP) is 1.63. The maximum absolute atomic E-state index is 13.3. The van der Waals surface area contributed by atoms with Gasteiger partial charge in [0.15, 0.2) is 11.5 Å². The molecule has 1 fully saturated rings. The summed E-state index contributed by atoms with van der Waals surface area (Å²) < 4.78 is 38.9. The molecule has 1 unspecified atom stereocenters. The minimum atomic E-state index is -3.90. The Morgan fingerprint density at radius 3 is 2.63 bits per heavy atom. The fourth-order valence-electron chi connectivity index (χ4n) is 3.38. The number of hydrogen-bond donors (Lipinski definition) is 1. The summed E-state index contributed by atoms with van der Waals surface area (Å²) in [5.74, 6) is 0.593. The lowest BCUT2D eigenvalue weighted by atomic mass is 10.0. The second kappa shape index (κ2) is 6.86. The molecule has 1 N–H and O–H groups in total. The molecule has 0 radical (unpaired) electrons. The van der Waals surface area contributed by atoms with Crippen LogP contribution < -0.4 is 14.8 Å². The molecule has 2 aromatic carbocycles. The van der Waals surface area contributed by atoms with Crippen LogP contribution in [0.25, 0.3) is 0 Å². The SMILES string of the molecule is Cc1cccc(C2C(=O)NCCN2S(=O)(=O)c2ccc3c(c2)OCCO3)c1. The van der Waals surface area contributed by atoms with Crippen molar-refractivity contribution in [1.29, 1.82) is 0 Å². The maximum atomic E-state index is 13.3. The van der Waals surface area contributed by atoms with Crippen LogP contribution in [0.3, 0.4) is 0 Å². The van der Waals surface area contributed by atoms with E-state index >= 15 is 0 Å². The molecule has 1 atom stereocenters. The zero-order valence-electron chi connectivity index (χ0n) is 14.8. The number of aryl methyl sites for hydroxylation is 1. The summed E-state index contributed by atoms with van der Waals surface area (Å²) in [4.78, 5) is 12.6. The molecule has 2 heterocycles. The van der Waals surface area contributed by atoms with Gasteiger partial charge in [-0.2, -0.15) is 4.31 Å². The molecule has 0 aliphatic carbocycles. The van der Waals surface area contributed by atoms with Crippen LogP contribution in [0.5, 0.6) is 11.5 Å². The standard InChI is InChI=1S/C19H20N2O5S/c1-13-3-2-4-14(11-13)18-19(22)20-7-8-21(18)27(23,24)15-5-6-16-17(12-15)26-10-9-25-16/h2-6,11-12,18H,7-10H2,1H3,(H,20,22). The summed E-state index contributed by atoms with van der Waals surface area (Å²) in [5, 5.41) is 2.76. The van der Waals surface area contributed by atoms with Crippen LogP contribution in [0.2, 0.25) is 0 Å². The fourth-order valence-corrected chi connectivity index (χ4v) is 4.98. The van der Waals surface area contributed by atoms with Crippen molar-refractivity contribution in [3.05, 3.63) is 53.6 Å². The Labute approximate surface area is 157 Å². The number of carbonyl (C=O) groups excluding carboxylic acids is 1. The molecule has 0 bridgehead atoms. The maximum Gasteiger partial charge on any atom is 0.244 e. The van der Waals surface area contributed by atoms with Crippen LogP contribution in [-0.2, 0) is 14.8 Å². The molecule has 8 heteroatoms. The van der Waals surface area contributed by atoms with Gasteiger partial charge in [0.05, 0.1) is 4.90 Å². The van der Waals surface area contributed by atoms with Crippen molar-refractivity contribution in [2.75, 3.05) is 26.3 Å². The Hall–Kier alpha value is -2.58. The van der Waals surface area contributed by atoms with Crippen LogP contribution in [0.1, 0.15) is 17.2 Å². The van der Waals surface area contributed by atoms with E-state index in [1.54, 1.807) is 12.1 Å². The van der Waals surface area contributed by atoms with Crippen molar-refractivity contribution in [2.24, 2.45) is 0 Å². The van der Waals surface area contributed by atoms with E-state index < -0.39 is 16.1 Å². The first-order valence-electron chi connectivity index (χ1n) is 8.72. The Balaban J connectivity index is 1.75. The molecule has 27 heavy (non-hydrogen) atoms. The number of nitrogens with zero attached hydrogens (tertiary/aromatic N) is 1. The van der Waals surface area contributed by atoms with E-state index in [1.807, 2.05) is 25.1 Å². The molecule has 0 spiro atoms. The van der Waals surface area contributed by atoms with Gasteiger partial charge in [0.25, 0.3) is 0 Å². The minimum absolute atomic E-state index is 0.0825. The van der Waals surface area contributed by atoms with Gasteiger partial charge in [-0.05, 0) is 24.6 Å². The summed E-state index contributed by atoms with van der Waals surface area (Å²) >= 11 is 0. The Morgan fingerprint density at radius 2 is 1.85 bits per heavy atom. The van der Waals surface area contributed by atoms with Crippen LogP contribution in [-0.4, -0.2) is 44.9 Å². The molecule has 2 aromatic rings. The van der Waals surface area contributed by atoms with Gasteiger partial charge in [0.1, 0.15) is 19.3 Å². The van der Waals surface area contributed by atoms with E-state index in [0.717, 1.165) is 5.56 Å². The van der Waals surface area contributed by atoms with Gasteiger partial charge in [-0.1, -0.05) is 29.8 Å². The first-order chi connectivity index (χ1) is 13.0. The summed E-state index contributed by atoms with van der Waals surface area (Å²) in [6.07, 6.45) is 0. The number of amides is 1. The number of nitrogens with one attached hydrogen (secondary N) is 1. The average Bonchev–Trinajstić information content (AvgIpc) is 2.67. The molecule has 4 rings (SSSR count). The van der Waals surface area contributed by atoms with Crippen molar-refractivity contribution >= 4 is 15.9 Å². The average molecular weight is 388 g/mol. The lowest BCUT2D eigenvalue weighted by Gasteiger charge is -2.34. The highest BCUT2D eigenvalue weighted by molar-refractivity contribution is 7.89. The van der Waals surface area contributed by atoms with E-state index in [9.17, 15) is 13.2 Å². The number of hydrogen-bond acceptors (Lipinski definition) is 5. The number of carbonyl (C=O) groups is 1. The van der Waals surface area contributed by atoms with Gasteiger partial charge in [-0.25, -0.2) is 8.42 Å². The lowest BCUT2D eigenvalue weighted by Crippen LogP contribution is -2.52. The van der Waals surface area contributed by atoms with Crippen LogP contribution in [0.4, 0.5) is 0 Å². The van der Waals surface area contributed by atoms with Crippen LogP contribution in [0.15, 0.2) is 47.4 Å². The van der Waals surface area contributed by atoms with E-state index in [-0.39, 0.29) is 23.9 Å². The van der Waals surface area contributed by atoms with Crippen molar-refractivity contribution in [1.82, 2.24) is 9.62 Å². The fraction of sp³-hybridized carbons (Fsp3) is 0.316. The van der Waals surface area contributed by atoms with Gasteiger partial charge >= 0.3 is 0 Å². The lowest BCUT2D eigenvalue weighted by molar-refractivity contribution is -0.126. The zero-order valence-corrected chi connectivity index (χ0v) is 15.7. The molecule has 2 aliphatic rings. The topological polar surface area (TPSA) is 84.9 Å². The van der Waals surface area contributed by atoms with Crippen molar-refractivity contribution in [2.45, 2.75) is 17.9 Å². The highest BCUT2D eigenvalue weighted by atomic mass is 32.2. The molecule has 7 nitrogen and oxygen atoms in total. The van der Waals surface area contributed by atoms with Crippen LogP contribution >= 0.6 is 0 Å². The van der Waals surface area contributed by atoms with Crippen molar-refractivity contribution in [3.8, 4) is 11.5 Å². The largest absolute Gasteiger partial charge is 0.486 e. The molecular formula is C19H20N2O5S. The number of benzene rings is 2. The quantitative estimate of drug-likeness (QED) is 0.864.